The molecular weight excluding hydrogens is 338 g/mol. The van der Waals surface area contributed by atoms with Gasteiger partial charge in [-0.05, 0) is 44.4 Å². The molecule has 1 saturated heterocycles. The number of rotatable bonds is 7. The van der Waals surface area contributed by atoms with Crippen molar-refractivity contribution < 1.29 is 13.6 Å². The molecule has 5 nitrogen and oxygen atoms in total. The third-order valence-electron chi connectivity index (χ3n) is 4.33. The van der Waals surface area contributed by atoms with Gasteiger partial charge in [-0.25, -0.2) is 13.8 Å². The van der Waals surface area contributed by atoms with Gasteiger partial charge in [0.15, 0.2) is 5.96 Å². The predicted molar refractivity (Wildman–Crippen MR) is 98.8 cm³/mol. The molecule has 2 rings (SSSR count). The van der Waals surface area contributed by atoms with Crippen LogP contribution in [0.5, 0.6) is 0 Å². The van der Waals surface area contributed by atoms with Crippen LogP contribution in [0.4, 0.5) is 8.78 Å². The number of guanidine groups is 1. The highest BCUT2D eigenvalue weighted by atomic mass is 19.1. The molecule has 2 N–H and O–H groups in total. The molecule has 0 bridgehead atoms. The second-order valence-corrected chi connectivity index (χ2v) is 6.40. The summed E-state index contributed by atoms with van der Waals surface area (Å²) in [5.74, 6) is -0.148. The van der Waals surface area contributed by atoms with Crippen molar-refractivity contribution in [2.24, 2.45) is 4.99 Å². The van der Waals surface area contributed by atoms with Crippen LogP contribution in [0, 0.1) is 11.6 Å². The Kier molecular flexibility index (Phi) is 8.31. The zero-order chi connectivity index (χ0) is 18.8. The Hall–Kier alpha value is -2.18. The number of hydrogen-bond acceptors (Lipinski definition) is 2. The van der Waals surface area contributed by atoms with Gasteiger partial charge in [0.2, 0.25) is 5.91 Å². The fraction of sp³-hybridized carbons (Fsp3) is 0.579. The van der Waals surface area contributed by atoms with Crippen molar-refractivity contribution in [3.63, 3.8) is 0 Å². The van der Waals surface area contributed by atoms with Crippen molar-refractivity contribution in [1.82, 2.24) is 15.5 Å². The summed E-state index contributed by atoms with van der Waals surface area (Å²) in [5, 5.41) is 6.27. The standard InChI is InChI=1S/C19H28F2N4O/c1-2-22-19(24-14-15-13-16(20)8-9-17(15)21)23-10-6-12-25-11-5-3-4-7-18(25)26/h8-9,13H,2-7,10-12,14H2,1H3,(H2,22,23,24). The number of nitrogens with one attached hydrogen (secondary N) is 2. The quantitative estimate of drug-likeness (QED) is 0.443. The van der Waals surface area contributed by atoms with Crippen LogP contribution in [0.25, 0.3) is 0 Å². The second kappa shape index (κ2) is 10.7. The normalized spacial score (nSPS) is 15.7. The maximum atomic E-state index is 13.7. The zero-order valence-electron chi connectivity index (χ0n) is 15.4. The van der Waals surface area contributed by atoms with Crippen molar-refractivity contribution in [2.45, 2.75) is 45.6 Å². The van der Waals surface area contributed by atoms with Crippen LogP contribution in [0.2, 0.25) is 0 Å². The summed E-state index contributed by atoms with van der Waals surface area (Å²) in [6.45, 7) is 4.89. The van der Waals surface area contributed by atoms with Crippen LogP contribution in [-0.4, -0.2) is 42.9 Å². The summed E-state index contributed by atoms with van der Waals surface area (Å²) < 4.78 is 26.9. The molecule has 0 atom stereocenters. The minimum atomic E-state index is -0.475. The lowest BCUT2D eigenvalue weighted by Gasteiger charge is -2.20. The van der Waals surface area contributed by atoms with E-state index in [1.165, 1.54) is 0 Å². The average molecular weight is 366 g/mol. The first-order valence-electron chi connectivity index (χ1n) is 9.34. The van der Waals surface area contributed by atoms with Crippen LogP contribution in [0.3, 0.4) is 0 Å². The van der Waals surface area contributed by atoms with Crippen molar-refractivity contribution in [3.8, 4) is 0 Å². The Morgan fingerprint density at radius 1 is 1.23 bits per heavy atom. The first-order valence-corrected chi connectivity index (χ1v) is 9.34. The number of likely N-dealkylation sites (tertiary alicyclic amines) is 1. The van der Waals surface area contributed by atoms with Gasteiger partial charge in [-0.2, -0.15) is 0 Å². The topological polar surface area (TPSA) is 56.7 Å². The van der Waals surface area contributed by atoms with Crippen molar-refractivity contribution >= 4 is 11.9 Å². The summed E-state index contributed by atoms with van der Waals surface area (Å²) >= 11 is 0. The summed E-state index contributed by atoms with van der Waals surface area (Å²) in [4.78, 5) is 18.2. The van der Waals surface area contributed by atoms with E-state index in [1.807, 2.05) is 11.8 Å². The number of benzene rings is 1. The highest BCUT2D eigenvalue weighted by Crippen LogP contribution is 2.12. The minimum Gasteiger partial charge on any atom is -0.357 e. The number of aliphatic imine (C=N–C) groups is 1. The van der Waals surface area contributed by atoms with Crippen LogP contribution < -0.4 is 10.6 Å². The molecule has 0 radical (unpaired) electrons. The molecule has 0 saturated carbocycles. The lowest BCUT2D eigenvalue weighted by atomic mass is 10.2. The summed E-state index contributed by atoms with van der Waals surface area (Å²) in [6, 6.07) is 3.36. The highest BCUT2D eigenvalue weighted by Gasteiger charge is 2.15. The molecule has 0 aromatic heterocycles. The molecule has 1 amide bonds. The molecule has 26 heavy (non-hydrogen) atoms. The minimum absolute atomic E-state index is 0.0591. The molecule has 7 heteroatoms. The maximum absolute atomic E-state index is 13.7. The predicted octanol–water partition coefficient (Wildman–Crippen LogP) is 2.81. The largest absolute Gasteiger partial charge is 0.357 e. The van der Waals surface area contributed by atoms with Gasteiger partial charge in [0, 0.05) is 38.2 Å². The Labute approximate surface area is 153 Å². The molecule has 1 fully saturated rings. The number of nitrogens with zero attached hydrogens (tertiary/aromatic N) is 2. The Balaban J connectivity index is 1.81. The van der Waals surface area contributed by atoms with E-state index in [1.54, 1.807) is 0 Å². The van der Waals surface area contributed by atoms with Crippen LogP contribution >= 0.6 is 0 Å². The fourth-order valence-electron chi connectivity index (χ4n) is 2.92. The molecule has 1 aromatic carbocycles. The highest BCUT2D eigenvalue weighted by molar-refractivity contribution is 5.79. The van der Waals surface area contributed by atoms with E-state index in [4.69, 9.17) is 0 Å². The number of carbonyl (C=O) groups is 1. The lowest BCUT2D eigenvalue weighted by molar-refractivity contribution is -0.130. The summed E-state index contributed by atoms with van der Waals surface area (Å²) in [5.41, 5.74) is 0.220. The molecule has 144 valence electrons. The van der Waals surface area contributed by atoms with Gasteiger partial charge in [0.25, 0.3) is 0 Å². The number of hydrogen-bond donors (Lipinski definition) is 2. The van der Waals surface area contributed by atoms with Gasteiger partial charge in [-0.15, -0.1) is 0 Å². The maximum Gasteiger partial charge on any atom is 0.222 e. The third kappa shape index (κ3) is 6.61. The summed E-state index contributed by atoms with van der Waals surface area (Å²) in [6.07, 6.45) is 4.64. The molecule has 1 aliphatic rings. The number of carbonyl (C=O) groups excluding carboxylic acids is 1. The molecule has 1 aliphatic heterocycles. The van der Waals surface area contributed by atoms with Crippen molar-refractivity contribution in [1.29, 1.82) is 0 Å². The molecular formula is C19H28F2N4O. The van der Waals surface area contributed by atoms with Crippen molar-refractivity contribution in [2.75, 3.05) is 26.2 Å². The van der Waals surface area contributed by atoms with E-state index in [0.29, 0.717) is 25.5 Å². The van der Waals surface area contributed by atoms with E-state index >= 15 is 0 Å². The van der Waals surface area contributed by atoms with E-state index < -0.39 is 11.6 Å². The van der Waals surface area contributed by atoms with E-state index in [2.05, 4.69) is 15.6 Å². The van der Waals surface area contributed by atoms with Gasteiger partial charge < -0.3 is 15.5 Å². The van der Waals surface area contributed by atoms with Gasteiger partial charge in [-0.3, -0.25) is 4.79 Å². The number of halogens is 2. The van der Waals surface area contributed by atoms with Crippen molar-refractivity contribution in [3.05, 3.63) is 35.4 Å². The number of amides is 1. The summed E-state index contributed by atoms with van der Waals surface area (Å²) in [7, 11) is 0. The van der Waals surface area contributed by atoms with Crippen LogP contribution in [0.15, 0.2) is 23.2 Å². The van der Waals surface area contributed by atoms with Crippen LogP contribution in [0.1, 0.15) is 44.6 Å². The van der Waals surface area contributed by atoms with Gasteiger partial charge >= 0.3 is 0 Å². The first-order chi connectivity index (χ1) is 12.6. The SMILES string of the molecule is CCNC(=NCc1cc(F)ccc1F)NCCCN1CCCCCC1=O. The Bertz CT molecular complexity index is 622. The smallest absolute Gasteiger partial charge is 0.222 e. The van der Waals surface area contributed by atoms with E-state index in [-0.39, 0.29) is 18.0 Å². The Morgan fingerprint density at radius 2 is 2.08 bits per heavy atom. The lowest BCUT2D eigenvalue weighted by Crippen LogP contribution is -2.39. The molecule has 0 spiro atoms. The molecule has 0 aliphatic carbocycles. The fourth-order valence-corrected chi connectivity index (χ4v) is 2.92. The van der Waals surface area contributed by atoms with Gasteiger partial charge in [-0.1, -0.05) is 6.42 Å². The molecule has 1 heterocycles. The molecule has 0 unspecified atom stereocenters. The van der Waals surface area contributed by atoms with Gasteiger partial charge in [0.1, 0.15) is 11.6 Å². The first kappa shape index (κ1) is 20.1. The third-order valence-corrected chi connectivity index (χ3v) is 4.33. The van der Waals surface area contributed by atoms with Gasteiger partial charge in [0.05, 0.1) is 6.54 Å². The average Bonchev–Trinajstić information content (AvgIpc) is 2.83. The molecule has 1 aromatic rings. The van der Waals surface area contributed by atoms with E-state index in [9.17, 15) is 13.6 Å². The second-order valence-electron chi connectivity index (χ2n) is 6.40. The monoisotopic (exact) mass is 366 g/mol. The van der Waals surface area contributed by atoms with Crippen LogP contribution in [-0.2, 0) is 11.3 Å². The van der Waals surface area contributed by atoms with E-state index in [0.717, 1.165) is 57.0 Å². The Morgan fingerprint density at radius 3 is 2.88 bits per heavy atom. The zero-order valence-corrected chi connectivity index (χ0v) is 15.4.